The zero-order valence-electron chi connectivity index (χ0n) is 12.9. The van der Waals surface area contributed by atoms with Crippen LogP contribution in [0, 0.1) is 5.92 Å². The third-order valence-corrected chi connectivity index (χ3v) is 3.86. The van der Waals surface area contributed by atoms with Crippen molar-refractivity contribution in [3.8, 4) is 5.75 Å². The summed E-state index contributed by atoms with van der Waals surface area (Å²) in [6, 6.07) is 7.03. The minimum Gasteiger partial charge on any atom is -0.497 e. The van der Waals surface area contributed by atoms with Gasteiger partial charge in [-0.3, -0.25) is 9.59 Å². The van der Waals surface area contributed by atoms with E-state index >= 15 is 0 Å². The van der Waals surface area contributed by atoms with Gasteiger partial charge < -0.3 is 20.7 Å². The number of nitrogens with one attached hydrogen (secondary N) is 1. The van der Waals surface area contributed by atoms with Gasteiger partial charge in [-0.15, -0.1) is 0 Å². The van der Waals surface area contributed by atoms with Crippen molar-refractivity contribution in [1.29, 1.82) is 0 Å². The van der Waals surface area contributed by atoms with Crippen molar-refractivity contribution in [1.82, 2.24) is 10.2 Å². The molecule has 1 aliphatic rings. The second-order valence-corrected chi connectivity index (χ2v) is 5.40. The maximum absolute atomic E-state index is 12.5. The number of benzene rings is 1. The van der Waals surface area contributed by atoms with E-state index in [1.165, 1.54) is 0 Å². The van der Waals surface area contributed by atoms with Crippen molar-refractivity contribution in [3.05, 3.63) is 29.8 Å². The van der Waals surface area contributed by atoms with Gasteiger partial charge in [0.15, 0.2) is 0 Å². The topological polar surface area (TPSA) is 84.7 Å². The molecule has 1 heterocycles. The summed E-state index contributed by atoms with van der Waals surface area (Å²) >= 11 is 0. The lowest BCUT2D eigenvalue weighted by Gasteiger charge is -2.32. The molecule has 22 heavy (non-hydrogen) atoms. The zero-order valence-corrected chi connectivity index (χ0v) is 12.9. The maximum Gasteiger partial charge on any atom is 0.253 e. The molecule has 1 fully saturated rings. The van der Waals surface area contributed by atoms with Crippen molar-refractivity contribution in [3.63, 3.8) is 0 Å². The molecule has 1 aromatic rings. The third kappa shape index (κ3) is 3.98. The van der Waals surface area contributed by atoms with E-state index in [1.807, 2.05) is 0 Å². The minimum absolute atomic E-state index is 0.0160. The second-order valence-electron chi connectivity index (χ2n) is 5.40. The van der Waals surface area contributed by atoms with Crippen LogP contribution in [0.25, 0.3) is 0 Å². The molecule has 1 aromatic carbocycles. The molecular weight excluding hydrogens is 282 g/mol. The lowest BCUT2D eigenvalue weighted by atomic mass is 9.96. The molecule has 0 radical (unpaired) electrons. The number of hydrogen-bond acceptors (Lipinski definition) is 4. The molecule has 0 saturated carbocycles. The molecule has 120 valence electrons. The van der Waals surface area contributed by atoms with E-state index in [9.17, 15) is 9.59 Å². The molecule has 1 atom stereocenters. The first kappa shape index (κ1) is 16.3. The number of hydrogen-bond donors (Lipinski definition) is 2. The Labute approximate surface area is 130 Å². The van der Waals surface area contributed by atoms with Crippen LogP contribution < -0.4 is 15.8 Å². The molecule has 6 heteroatoms. The number of nitrogens with two attached hydrogens (primary N) is 1. The molecule has 2 amide bonds. The Morgan fingerprint density at radius 1 is 1.36 bits per heavy atom. The largest absolute Gasteiger partial charge is 0.497 e. The van der Waals surface area contributed by atoms with E-state index in [0.29, 0.717) is 37.5 Å². The highest BCUT2D eigenvalue weighted by atomic mass is 16.5. The van der Waals surface area contributed by atoms with Crippen molar-refractivity contribution >= 4 is 11.8 Å². The van der Waals surface area contributed by atoms with Gasteiger partial charge in [0.1, 0.15) is 5.75 Å². The minimum atomic E-state index is -0.150. The monoisotopic (exact) mass is 305 g/mol. The average molecular weight is 305 g/mol. The Bertz CT molecular complexity index is 516. The molecule has 1 aliphatic heterocycles. The van der Waals surface area contributed by atoms with E-state index < -0.39 is 0 Å². The van der Waals surface area contributed by atoms with E-state index in [-0.39, 0.29) is 17.7 Å². The molecular formula is C16H23N3O3. The van der Waals surface area contributed by atoms with E-state index in [4.69, 9.17) is 10.5 Å². The van der Waals surface area contributed by atoms with Crippen LogP contribution in [0.1, 0.15) is 23.2 Å². The third-order valence-electron chi connectivity index (χ3n) is 3.86. The van der Waals surface area contributed by atoms with E-state index in [1.54, 1.807) is 36.3 Å². The second kappa shape index (κ2) is 7.79. The van der Waals surface area contributed by atoms with Crippen LogP contribution in [0.5, 0.6) is 5.75 Å². The summed E-state index contributed by atoms with van der Waals surface area (Å²) in [5.74, 6) is 0.508. The summed E-state index contributed by atoms with van der Waals surface area (Å²) in [6.07, 6.45) is 1.64. The van der Waals surface area contributed by atoms with Gasteiger partial charge in [-0.1, -0.05) is 0 Å². The van der Waals surface area contributed by atoms with E-state index in [2.05, 4.69) is 5.32 Å². The van der Waals surface area contributed by atoms with Gasteiger partial charge in [-0.2, -0.15) is 0 Å². The molecule has 0 aliphatic carbocycles. The Morgan fingerprint density at radius 3 is 2.73 bits per heavy atom. The number of amides is 2. The number of carbonyl (C=O) groups excluding carboxylic acids is 2. The summed E-state index contributed by atoms with van der Waals surface area (Å²) in [5, 5.41) is 2.80. The molecule has 3 N–H and O–H groups in total. The summed E-state index contributed by atoms with van der Waals surface area (Å²) < 4.78 is 5.09. The summed E-state index contributed by atoms with van der Waals surface area (Å²) in [7, 11) is 1.59. The van der Waals surface area contributed by atoms with Crippen LogP contribution in [0.2, 0.25) is 0 Å². The Balaban J connectivity index is 1.98. The Kier molecular flexibility index (Phi) is 5.77. The molecule has 1 unspecified atom stereocenters. The zero-order chi connectivity index (χ0) is 15.9. The van der Waals surface area contributed by atoms with Gasteiger partial charge in [-0.25, -0.2) is 0 Å². The van der Waals surface area contributed by atoms with Crippen LogP contribution in [-0.2, 0) is 4.79 Å². The van der Waals surface area contributed by atoms with Gasteiger partial charge in [0, 0.05) is 31.7 Å². The van der Waals surface area contributed by atoms with Crippen molar-refractivity contribution in [2.45, 2.75) is 12.8 Å². The van der Waals surface area contributed by atoms with Gasteiger partial charge in [0.05, 0.1) is 13.0 Å². The predicted molar refractivity (Wildman–Crippen MR) is 83.7 cm³/mol. The number of ether oxygens (including phenoxy) is 1. The summed E-state index contributed by atoms with van der Waals surface area (Å²) in [5.41, 5.74) is 6.01. The fraction of sp³-hybridized carbons (Fsp3) is 0.500. The van der Waals surface area contributed by atoms with Crippen LogP contribution >= 0.6 is 0 Å². The molecule has 6 nitrogen and oxygen atoms in total. The molecule has 0 aromatic heterocycles. The van der Waals surface area contributed by atoms with Gasteiger partial charge in [-0.05, 0) is 37.1 Å². The number of rotatable bonds is 5. The number of methoxy groups -OCH3 is 1. The lowest BCUT2D eigenvalue weighted by molar-refractivity contribution is -0.126. The number of piperidine rings is 1. The molecule has 1 saturated heterocycles. The maximum atomic E-state index is 12.5. The van der Waals surface area contributed by atoms with Crippen LogP contribution in [0.4, 0.5) is 0 Å². The van der Waals surface area contributed by atoms with Crippen LogP contribution in [-0.4, -0.2) is 50.0 Å². The standard InChI is InChI=1S/C16H23N3O3/c1-22-14-6-4-12(5-7-14)16(21)19-10-2-3-13(11-19)15(20)18-9-8-17/h4-7,13H,2-3,8-11,17H2,1H3,(H,18,20). The number of likely N-dealkylation sites (tertiary alicyclic amines) is 1. The average Bonchev–Trinajstić information content (AvgIpc) is 2.59. The van der Waals surface area contributed by atoms with Gasteiger partial charge in [0.25, 0.3) is 5.91 Å². The highest BCUT2D eigenvalue weighted by Crippen LogP contribution is 2.20. The quantitative estimate of drug-likeness (QED) is 0.835. The molecule has 0 bridgehead atoms. The summed E-state index contributed by atoms with van der Waals surface area (Å²) in [4.78, 5) is 26.3. The van der Waals surface area contributed by atoms with Crippen LogP contribution in [0.3, 0.4) is 0 Å². The Morgan fingerprint density at radius 2 is 2.09 bits per heavy atom. The molecule has 2 rings (SSSR count). The summed E-state index contributed by atoms with van der Waals surface area (Å²) in [6.45, 7) is 2.04. The van der Waals surface area contributed by atoms with Crippen molar-refractivity contribution in [2.75, 3.05) is 33.3 Å². The molecule has 0 spiro atoms. The normalized spacial score (nSPS) is 17.9. The Hall–Kier alpha value is -2.08. The SMILES string of the molecule is COc1ccc(C(=O)N2CCCC(C(=O)NCCN)C2)cc1. The lowest BCUT2D eigenvalue weighted by Crippen LogP contribution is -2.46. The van der Waals surface area contributed by atoms with Gasteiger partial charge >= 0.3 is 0 Å². The first-order valence-electron chi connectivity index (χ1n) is 7.57. The van der Waals surface area contributed by atoms with Crippen molar-refractivity contribution < 1.29 is 14.3 Å². The van der Waals surface area contributed by atoms with Crippen molar-refractivity contribution in [2.24, 2.45) is 11.7 Å². The first-order chi connectivity index (χ1) is 10.7. The van der Waals surface area contributed by atoms with Crippen LogP contribution in [0.15, 0.2) is 24.3 Å². The number of carbonyl (C=O) groups is 2. The number of nitrogens with zero attached hydrogens (tertiary/aromatic N) is 1. The smallest absolute Gasteiger partial charge is 0.253 e. The van der Waals surface area contributed by atoms with E-state index in [0.717, 1.165) is 12.8 Å². The predicted octanol–water partition coefficient (Wildman–Crippen LogP) is 0.622. The fourth-order valence-corrected chi connectivity index (χ4v) is 2.63. The van der Waals surface area contributed by atoms with Gasteiger partial charge in [0.2, 0.25) is 5.91 Å². The highest BCUT2D eigenvalue weighted by molar-refractivity contribution is 5.94. The highest BCUT2D eigenvalue weighted by Gasteiger charge is 2.28. The first-order valence-corrected chi connectivity index (χ1v) is 7.57. The fourth-order valence-electron chi connectivity index (χ4n) is 2.63.